The minimum Gasteiger partial charge on any atom is -0.370 e. The average Bonchev–Trinajstić information content (AvgIpc) is 2.92. The van der Waals surface area contributed by atoms with E-state index in [-0.39, 0.29) is 0 Å². The molecule has 4 nitrogen and oxygen atoms in total. The smallest absolute Gasteiger partial charge is 0.134 e. The molecule has 0 unspecified atom stereocenters. The number of hydrogen-bond acceptors (Lipinski definition) is 4. The summed E-state index contributed by atoms with van der Waals surface area (Å²) in [5.41, 5.74) is 0. The first-order valence-electron chi connectivity index (χ1n) is 8.05. The largest absolute Gasteiger partial charge is 0.370 e. The van der Waals surface area contributed by atoms with E-state index in [0.717, 1.165) is 49.3 Å². The first kappa shape index (κ1) is 15.1. The van der Waals surface area contributed by atoms with E-state index in [0.29, 0.717) is 0 Å². The van der Waals surface area contributed by atoms with E-state index >= 15 is 0 Å². The standard InChI is InChI=1S/C16H28N4/c1-4-8-14-18-15(17-5-2)11-16(19-14)20(3)12-13-9-6-7-10-13/h11,13H,4-10,12H2,1-3H3,(H,17,18,19). The normalized spacial score (nSPS) is 15.6. The minimum atomic E-state index is 0.840. The molecular formula is C16H28N4. The van der Waals surface area contributed by atoms with E-state index in [1.165, 1.54) is 25.7 Å². The van der Waals surface area contributed by atoms with E-state index in [2.05, 4.69) is 42.2 Å². The number of nitrogens with zero attached hydrogens (tertiary/aromatic N) is 3. The van der Waals surface area contributed by atoms with Crippen LogP contribution in [0.4, 0.5) is 11.6 Å². The number of anilines is 2. The van der Waals surface area contributed by atoms with Crippen LogP contribution in [0.1, 0.15) is 51.8 Å². The van der Waals surface area contributed by atoms with Gasteiger partial charge in [0.2, 0.25) is 0 Å². The van der Waals surface area contributed by atoms with Gasteiger partial charge >= 0.3 is 0 Å². The van der Waals surface area contributed by atoms with Gasteiger partial charge in [-0.25, -0.2) is 9.97 Å². The summed E-state index contributed by atoms with van der Waals surface area (Å²) in [6, 6.07) is 2.08. The van der Waals surface area contributed by atoms with Crippen LogP contribution in [-0.4, -0.2) is 30.1 Å². The van der Waals surface area contributed by atoms with Gasteiger partial charge in [-0.15, -0.1) is 0 Å². The van der Waals surface area contributed by atoms with Crippen molar-refractivity contribution in [2.75, 3.05) is 30.4 Å². The van der Waals surface area contributed by atoms with Crippen LogP contribution in [0, 0.1) is 5.92 Å². The first-order chi connectivity index (χ1) is 9.72. The molecule has 1 aromatic heterocycles. The van der Waals surface area contributed by atoms with Crippen molar-refractivity contribution in [2.45, 2.75) is 52.4 Å². The van der Waals surface area contributed by atoms with Crippen LogP contribution in [0.3, 0.4) is 0 Å². The molecule has 0 atom stereocenters. The van der Waals surface area contributed by atoms with Crippen LogP contribution >= 0.6 is 0 Å². The highest BCUT2D eigenvalue weighted by Gasteiger charge is 2.18. The van der Waals surface area contributed by atoms with E-state index in [1.54, 1.807) is 0 Å². The third kappa shape index (κ3) is 4.09. The Hall–Kier alpha value is -1.32. The van der Waals surface area contributed by atoms with E-state index in [4.69, 9.17) is 4.98 Å². The predicted octanol–water partition coefficient (Wildman–Crippen LogP) is 3.49. The molecule has 4 heteroatoms. The van der Waals surface area contributed by atoms with E-state index in [9.17, 15) is 0 Å². The van der Waals surface area contributed by atoms with Crippen LogP contribution in [0.2, 0.25) is 0 Å². The summed E-state index contributed by atoms with van der Waals surface area (Å²) in [6.45, 7) is 6.29. The second-order valence-corrected chi connectivity index (χ2v) is 5.84. The van der Waals surface area contributed by atoms with Gasteiger partial charge in [-0.1, -0.05) is 19.8 Å². The Balaban J connectivity index is 2.10. The molecule has 0 amide bonds. The lowest BCUT2D eigenvalue weighted by Crippen LogP contribution is -2.25. The van der Waals surface area contributed by atoms with Gasteiger partial charge in [0.05, 0.1) is 0 Å². The fraction of sp³-hybridized carbons (Fsp3) is 0.750. The third-order valence-corrected chi connectivity index (χ3v) is 3.99. The topological polar surface area (TPSA) is 41.1 Å². The van der Waals surface area contributed by atoms with Gasteiger partial charge in [0.15, 0.2) is 0 Å². The van der Waals surface area contributed by atoms with Gasteiger partial charge in [-0.2, -0.15) is 0 Å². The Kier molecular flexibility index (Phi) is 5.62. The van der Waals surface area contributed by atoms with Crippen LogP contribution < -0.4 is 10.2 Å². The van der Waals surface area contributed by atoms with Crippen molar-refractivity contribution in [1.82, 2.24) is 9.97 Å². The van der Waals surface area contributed by atoms with Crippen molar-refractivity contribution in [2.24, 2.45) is 5.92 Å². The first-order valence-corrected chi connectivity index (χ1v) is 8.05. The monoisotopic (exact) mass is 276 g/mol. The maximum atomic E-state index is 4.72. The molecule has 2 rings (SSSR count). The molecule has 20 heavy (non-hydrogen) atoms. The summed E-state index contributed by atoms with van der Waals surface area (Å²) >= 11 is 0. The molecule has 1 N–H and O–H groups in total. The molecule has 0 aromatic carbocycles. The van der Waals surface area contributed by atoms with Crippen LogP contribution in [0.5, 0.6) is 0 Å². The molecule has 0 aliphatic heterocycles. The summed E-state index contributed by atoms with van der Waals surface area (Å²) in [7, 11) is 2.16. The van der Waals surface area contributed by atoms with Gasteiger partial charge in [0.1, 0.15) is 17.5 Å². The Morgan fingerprint density at radius 1 is 1.25 bits per heavy atom. The second-order valence-electron chi connectivity index (χ2n) is 5.84. The molecule has 0 saturated heterocycles. The fourth-order valence-electron chi connectivity index (χ4n) is 2.96. The SMILES string of the molecule is CCCc1nc(NCC)cc(N(C)CC2CCCC2)n1. The van der Waals surface area contributed by atoms with Gasteiger partial charge in [-0.3, -0.25) is 0 Å². The Labute approximate surface area is 123 Å². The van der Waals surface area contributed by atoms with Crippen LogP contribution in [0.15, 0.2) is 6.07 Å². The zero-order valence-corrected chi connectivity index (χ0v) is 13.2. The highest BCUT2D eigenvalue weighted by atomic mass is 15.2. The van der Waals surface area contributed by atoms with Crippen molar-refractivity contribution in [1.29, 1.82) is 0 Å². The lowest BCUT2D eigenvalue weighted by Gasteiger charge is -2.23. The zero-order valence-electron chi connectivity index (χ0n) is 13.2. The molecule has 1 aliphatic carbocycles. The molecule has 1 aliphatic rings. The van der Waals surface area contributed by atoms with Crippen LogP contribution in [0.25, 0.3) is 0 Å². The predicted molar refractivity (Wildman–Crippen MR) is 85.4 cm³/mol. The molecule has 0 bridgehead atoms. The number of aromatic nitrogens is 2. The quantitative estimate of drug-likeness (QED) is 0.827. The molecule has 1 aromatic rings. The van der Waals surface area contributed by atoms with Gasteiger partial charge < -0.3 is 10.2 Å². The van der Waals surface area contributed by atoms with E-state index < -0.39 is 0 Å². The minimum absolute atomic E-state index is 0.840. The van der Waals surface area contributed by atoms with Crippen molar-refractivity contribution < 1.29 is 0 Å². The molecule has 1 fully saturated rings. The van der Waals surface area contributed by atoms with Crippen molar-refractivity contribution in [3.05, 3.63) is 11.9 Å². The lowest BCUT2D eigenvalue weighted by molar-refractivity contribution is 0.544. The van der Waals surface area contributed by atoms with Gasteiger partial charge in [-0.05, 0) is 32.1 Å². The maximum absolute atomic E-state index is 4.72. The molecule has 112 valence electrons. The maximum Gasteiger partial charge on any atom is 0.134 e. The number of nitrogens with one attached hydrogen (secondary N) is 1. The molecule has 0 spiro atoms. The third-order valence-electron chi connectivity index (χ3n) is 3.99. The molecule has 0 radical (unpaired) electrons. The average molecular weight is 276 g/mol. The van der Waals surface area contributed by atoms with Crippen molar-refractivity contribution in [3.8, 4) is 0 Å². The lowest BCUT2D eigenvalue weighted by atomic mass is 10.1. The summed E-state index contributed by atoms with van der Waals surface area (Å²) < 4.78 is 0. The Morgan fingerprint density at radius 2 is 2.00 bits per heavy atom. The van der Waals surface area contributed by atoms with Crippen molar-refractivity contribution in [3.63, 3.8) is 0 Å². The van der Waals surface area contributed by atoms with Crippen LogP contribution in [-0.2, 0) is 6.42 Å². The highest BCUT2D eigenvalue weighted by molar-refractivity contribution is 5.49. The second kappa shape index (κ2) is 7.46. The van der Waals surface area contributed by atoms with Crippen molar-refractivity contribution >= 4 is 11.6 Å². The number of hydrogen-bond donors (Lipinski definition) is 1. The summed E-state index contributed by atoms with van der Waals surface area (Å²) in [4.78, 5) is 11.6. The zero-order chi connectivity index (χ0) is 14.4. The number of aryl methyl sites for hydroxylation is 1. The van der Waals surface area contributed by atoms with E-state index in [1.807, 2.05) is 0 Å². The summed E-state index contributed by atoms with van der Waals surface area (Å²) in [5.74, 6) is 3.82. The summed E-state index contributed by atoms with van der Waals surface area (Å²) in [5, 5.41) is 3.32. The van der Waals surface area contributed by atoms with Gasteiger partial charge in [0.25, 0.3) is 0 Å². The van der Waals surface area contributed by atoms with Gasteiger partial charge in [0, 0.05) is 32.6 Å². The Morgan fingerprint density at radius 3 is 2.65 bits per heavy atom. The fourth-order valence-corrected chi connectivity index (χ4v) is 2.96. The number of rotatable bonds is 7. The summed E-state index contributed by atoms with van der Waals surface area (Å²) in [6.07, 6.45) is 7.57. The highest BCUT2D eigenvalue weighted by Crippen LogP contribution is 2.27. The molecule has 1 saturated carbocycles. The Bertz CT molecular complexity index is 389. The molecular weight excluding hydrogens is 248 g/mol. The molecule has 1 heterocycles.